The fourth-order valence-electron chi connectivity index (χ4n) is 7.98. The minimum Gasteiger partial charge on any atom is -0.456 e. The van der Waals surface area contributed by atoms with E-state index in [-0.39, 0.29) is 29.7 Å². The Morgan fingerprint density at radius 1 is 0.392 bits per heavy atom. The number of fused-ring (bicyclic) bond motifs is 9. The van der Waals surface area contributed by atoms with Crippen molar-refractivity contribution in [3.05, 3.63) is 182 Å². The average molecular weight is 656 g/mol. The maximum atomic E-state index is 8.56. The minimum atomic E-state index is -0.403. The highest BCUT2D eigenvalue weighted by molar-refractivity contribution is 6.16. The molecule has 0 radical (unpaired) electrons. The molecule has 0 amide bonds. The molecule has 238 valence electrons. The summed E-state index contributed by atoms with van der Waals surface area (Å²) < 4.78 is 52.8. The van der Waals surface area contributed by atoms with Gasteiger partial charge in [0.15, 0.2) is 0 Å². The van der Waals surface area contributed by atoms with Crippen molar-refractivity contribution < 1.29 is 11.3 Å². The van der Waals surface area contributed by atoms with Gasteiger partial charge in [-0.05, 0) is 89.0 Å². The molecule has 0 aliphatic carbocycles. The Bertz CT molecular complexity index is 3360. The van der Waals surface area contributed by atoms with Gasteiger partial charge in [-0.15, -0.1) is 0 Å². The van der Waals surface area contributed by atoms with Gasteiger partial charge in [-0.25, -0.2) is 0 Å². The normalized spacial score (nSPS) is 13.3. The van der Waals surface area contributed by atoms with Crippen LogP contribution >= 0.6 is 0 Å². The maximum Gasteiger partial charge on any atom is 0.137 e. The highest BCUT2D eigenvalue weighted by Crippen LogP contribution is 2.41. The van der Waals surface area contributed by atoms with Crippen LogP contribution in [0.1, 0.15) is 6.85 Å². The molecule has 0 bridgehead atoms. The monoisotopic (exact) mass is 655 g/mol. The van der Waals surface area contributed by atoms with Gasteiger partial charge in [0.1, 0.15) is 11.2 Å². The average Bonchev–Trinajstić information content (AvgIpc) is 3.90. The summed E-state index contributed by atoms with van der Waals surface area (Å²) in [6.45, 7) is 0. The Morgan fingerprint density at radius 2 is 1.00 bits per heavy atom. The van der Waals surface area contributed by atoms with Gasteiger partial charge in [-0.3, -0.25) is 0 Å². The Morgan fingerprint density at radius 3 is 1.75 bits per heavy atom. The van der Waals surface area contributed by atoms with E-state index in [1.165, 1.54) is 21.8 Å². The molecule has 3 heteroatoms. The number of hydrogen-bond acceptors (Lipinski definition) is 1. The van der Waals surface area contributed by atoms with Gasteiger partial charge in [-0.1, -0.05) is 115 Å². The highest BCUT2D eigenvalue weighted by Gasteiger charge is 2.20. The molecule has 8 aromatic carbocycles. The molecule has 0 aliphatic heterocycles. The Balaban J connectivity index is 1.11. The lowest BCUT2D eigenvalue weighted by Gasteiger charge is -2.11. The number of nitrogens with zero attached hydrogens (tertiary/aromatic N) is 2. The molecule has 3 heterocycles. The number of para-hydroxylation sites is 3. The number of benzene rings is 8. The smallest absolute Gasteiger partial charge is 0.137 e. The van der Waals surface area contributed by atoms with Crippen LogP contribution in [0.4, 0.5) is 0 Å². The zero-order chi connectivity index (χ0) is 37.8. The van der Waals surface area contributed by atoms with Crippen LogP contribution in [0.5, 0.6) is 0 Å². The molecule has 51 heavy (non-hydrogen) atoms. The maximum absolute atomic E-state index is 8.56. The third-order valence-electron chi connectivity index (χ3n) is 10.2. The van der Waals surface area contributed by atoms with Crippen molar-refractivity contribution in [2.24, 2.45) is 0 Å². The molecule has 0 atom stereocenters. The van der Waals surface area contributed by atoms with E-state index in [9.17, 15) is 0 Å². The van der Waals surface area contributed by atoms with Crippen molar-refractivity contribution in [2.45, 2.75) is 0 Å². The SMILES string of the molecule is [2H]c1c([2H])c([2H])c(-c2cccc(-c3ccc4oc5cccc(-n6c7ccccc7c7cc(-n8c9ccccc9c9ccccc98)ccc76)c5c4c3)c2)c([2H])c1[2H]. The van der Waals surface area contributed by atoms with Crippen LogP contribution in [0.25, 0.3) is 99.2 Å². The second kappa shape index (κ2) is 10.8. The molecular weight excluding hydrogens is 621 g/mol. The van der Waals surface area contributed by atoms with Crippen LogP contribution < -0.4 is 0 Å². The molecular formula is C48H30N2O. The van der Waals surface area contributed by atoms with E-state index in [1.54, 1.807) is 6.07 Å². The van der Waals surface area contributed by atoms with E-state index in [0.29, 0.717) is 5.56 Å². The molecule has 3 aromatic heterocycles. The number of rotatable bonds is 4. The predicted octanol–water partition coefficient (Wildman–Crippen LogP) is 13.1. The van der Waals surface area contributed by atoms with Gasteiger partial charge >= 0.3 is 0 Å². The van der Waals surface area contributed by atoms with E-state index in [1.807, 2.05) is 42.5 Å². The van der Waals surface area contributed by atoms with Crippen LogP contribution in [0.15, 0.2) is 186 Å². The first-order valence-electron chi connectivity index (χ1n) is 19.5. The number of aromatic nitrogens is 2. The Kier molecular flexibility index (Phi) is 4.99. The van der Waals surface area contributed by atoms with Crippen molar-refractivity contribution in [1.29, 1.82) is 0 Å². The molecule has 11 rings (SSSR count). The topological polar surface area (TPSA) is 23.0 Å². The van der Waals surface area contributed by atoms with E-state index in [4.69, 9.17) is 11.3 Å². The Hall–Kier alpha value is -6.84. The van der Waals surface area contributed by atoms with E-state index in [2.05, 4.69) is 112 Å². The lowest BCUT2D eigenvalue weighted by molar-refractivity contribution is 0.669. The third kappa shape index (κ3) is 4.19. The second-order valence-electron chi connectivity index (χ2n) is 13.0. The van der Waals surface area contributed by atoms with Crippen molar-refractivity contribution in [3.8, 4) is 33.6 Å². The largest absolute Gasteiger partial charge is 0.456 e. The van der Waals surface area contributed by atoms with Crippen molar-refractivity contribution >= 4 is 65.6 Å². The van der Waals surface area contributed by atoms with Gasteiger partial charge in [0, 0.05) is 32.6 Å². The van der Waals surface area contributed by atoms with Crippen LogP contribution in [0.3, 0.4) is 0 Å². The zero-order valence-electron chi connectivity index (χ0n) is 32.2. The summed E-state index contributed by atoms with van der Waals surface area (Å²) in [6, 6.07) is 50.7. The predicted molar refractivity (Wildman–Crippen MR) is 213 cm³/mol. The van der Waals surface area contributed by atoms with Crippen molar-refractivity contribution in [3.63, 3.8) is 0 Å². The number of furan rings is 1. The second-order valence-corrected chi connectivity index (χ2v) is 13.0. The summed E-state index contributed by atoms with van der Waals surface area (Å²) >= 11 is 0. The van der Waals surface area contributed by atoms with Crippen LogP contribution in [0, 0.1) is 0 Å². The molecule has 0 N–H and O–H groups in total. The summed E-state index contributed by atoms with van der Waals surface area (Å²) in [4.78, 5) is 0. The fourth-order valence-corrected chi connectivity index (χ4v) is 7.98. The summed E-state index contributed by atoms with van der Waals surface area (Å²) in [5, 5.41) is 6.69. The zero-order valence-corrected chi connectivity index (χ0v) is 27.2. The highest BCUT2D eigenvalue weighted by atomic mass is 16.3. The summed E-state index contributed by atoms with van der Waals surface area (Å²) in [7, 11) is 0. The minimum absolute atomic E-state index is 0.183. The molecule has 0 fully saturated rings. The molecule has 0 saturated carbocycles. The van der Waals surface area contributed by atoms with Crippen LogP contribution in [-0.2, 0) is 0 Å². The molecule has 3 nitrogen and oxygen atoms in total. The molecule has 0 saturated heterocycles. The fraction of sp³-hybridized carbons (Fsp3) is 0. The first kappa shape index (κ1) is 23.5. The molecule has 0 aliphatic rings. The van der Waals surface area contributed by atoms with Gasteiger partial charge in [0.05, 0.1) is 40.0 Å². The van der Waals surface area contributed by atoms with Gasteiger partial charge in [0.25, 0.3) is 0 Å². The first-order valence-corrected chi connectivity index (χ1v) is 17.0. The lowest BCUT2D eigenvalue weighted by atomic mass is 9.98. The summed E-state index contributed by atoms with van der Waals surface area (Å²) in [5.74, 6) is 0. The van der Waals surface area contributed by atoms with Crippen LogP contribution in [0.2, 0.25) is 0 Å². The standard InChI is InChI=1S/C48H30N2O/c1-2-12-31(13-3-1)32-14-10-15-33(28-32)34-24-27-46-40(29-34)48-45(22-11-23-47(48)51-46)50-43-21-9-6-18-38(43)39-30-35(25-26-44(39)50)49-41-19-7-4-16-36(41)37-17-5-8-20-42(37)49/h1-30H/i1D,2D,3D,12D,13D. The summed E-state index contributed by atoms with van der Waals surface area (Å²) in [6.07, 6.45) is 0. The molecule has 0 unspecified atom stereocenters. The van der Waals surface area contributed by atoms with E-state index in [0.717, 1.165) is 66.2 Å². The van der Waals surface area contributed by atoms with E-state index < -0.39 is 6.04 Å². The van der Waals surface area contributed by atoms with Gasteiger partial charge in [0.2, 0.25) is 0 Å². The van der Waals surface area contributed by atoms with E-state index >= 15 is 0 Å². The lowest BCUT2D eigenvalue weighted by Crippen LogP contribution is -1.96. The number of hydrogen-bond donors (Lipinski definition) is 0. The third-order valence-corrected chi connectivity index (χ3v) is 10.2. The Labute approximate surface area is 300 Å². The quantitative estimate of drug-likeness (QED) is 0.185. The first-order chi connectivity index (χ1) is 27.4. The molecule has 0 spiro atoms. The van der Waals surface area contributed by atoms with Crippen molar-refractivity contribution in [1.82, 2.24) is 9.13 Å². The molecule has 11 aromatic rings. The van der Waals surface area contributed by atoms with Crippen molar-refractivity contribution in [2.75, 3.05) is 0 Å². The van der Waals surface area contributed by atoms with Gasteiger partial charge in [-0.2, -0.15) is 0 Å². The summed E-state index contributed by atoms with van der Waals surface area (Å²) in [5.41, 5.74) is 10.7. The van der Waals surface area contributed by atoms with Crippen LogP contribution in [-0.4, -0.2) is 9.13 Å². The van der Waals surface area contributed by atoms with Gasteiger partial charge < -0.3 is 13.6 Å².